The molecule has 1 fully saturated rings. The molecule has 1 aliphatic heterocycles. The Bertz CT molecular complexity index is 1050. The van der Waals surface area contributed by atoms with Crippen molar-refractivity contribution in [2.45, 2.75) is 32.1 Å². The van der Waals surface area contributed by atoms with Gasteiger partial charge in [-0.05, 0) is 43.4 Å². The lowest BCUT2D eigenvalue weighted by Crippen LogP contribution is -3.12. The average Bonchev–Trinajstić information content (AvgIpc) is 2.91. The fraction of sp³-hybridized carbons (Fsp3) is 0.455. The second kappa shape index (κ2) is 7.33. The van der Waals surface area contributed by atoms with E-state index in [0.717, 1.165) is 60.9 Å². The summed E-state index contributed by atoms with van der Waals surface area (Å²) in [6.07, 6.45) is 5.75. The van der Waals surface area contributed by atoms with Crippen LogP contribution in [0, 0.1) is 0 Å². The first-order valence-corrected chi connectivity index (χ1v) is 11.2. The summed E-state index contributed by atoms with van der Waals surface area (Å²) in [7, 11) is 2.23. The van der Waals surface area contributed by atoms with Gasteiger partial charge in [0.25, 0.3) is 5.56 Å². The molecule has 2 aromatic heterocycles. The Balaban J connectivity index is 1.75. The van der Waals surface area contributed by atoms with E-state index in [1.165, 1.54) is 34.6 Å². The van der Waals surface area contributed by atoms with Gasteiger partial charge in [0.1, 0.15) is 4.83 Å². The normalized spacial score (nSPS) is 18.2. The summed E-state index contributed by atoms with van der Waals surface area (Å²) in [6, 6.07) is 10.0. The highest BCUT2D eigenvalue weighted by Gasteiger charge is 2.26. The smallest absolute Gasteiger partial charge is 0.268 e. The third-order valence-corrected chi connectivity index (χ3v) is 7.32. The number of benzene rings is 1. The molecule has 6 heteroatoms. The lowest BCUT2D eigenvalue weighted by Gasteiger charge is -2.32. The Labute approximate surface area is 169 Å². The van der Waals surface area contributed by atoms with E-state index in [-0.39, 0.29) is 5.56 Å². The molecule has 0 amide bonds. The number of aromatic nitrogens is 2. The zero-order valence-corrected chi connectivity index (χ0v) is 17.2. The van der Waals surface area contributed by atoms with Crippen molar-refractivity contribution in [1.82, 2.24) is 9.55 Å². The number of hydrogen-bond acceptors (Lipinski definition) is 4. The molecule has 5 nitrogen and oxygen atoms in total. The van der Waals surface area contributed by atoms with Crippen LogP contribution in [0.5, 0.6) is 0 Å². The first-order chi connectivity index (χ1) is 13.7. The van der Waals surface area contributed by atoms with Crippen molar-refractivity contribution in [1.29, 1.82) is 0 Å². The quantitative estimate of drug-likeness (QED) is 0.676. The van der Waals surface area contributed by atoms with E-state index < -0.39 is 0 Å². The molecule has 3 aromatic rings. The molecule has 1 N–H and O–H groups in total. The molecule has 146 valence electrons. The van der Waals surface area contributed by atoms with Gasteiger partial charge in [-0.15, -0.1) is 11.3 Å². The Hall–Kier alpha value is -2.18. The van der Waals surface area contributed by atoms with Crippen LogP contribution in [0.3, 0.4) is 0 Å². The Morgan fingerprint density at radius 3 is 2.57 bits per heavy atom. The van der Waals surface area contributed by atoms with Crippen LogP contribution in [0.4, 0.5) is 5.95 Å². The van der Waals surface area contributed by atoms with Gasteiger partial charge in [0.2, 0.25) is 5.95 Å². The summed E-state index contributed by atoms with van der Waals surface area (Å²) in [5.41, 5.74) is 2.29. The second-order valence-corrected chi connectivity index (χ2v) is 9.16. The first kappa shape index (κ1) is 17.9. The maximum Gasteiger partial charge on any atom is 0.268 e. The molecule has 0 atom stereocenters. The van der Waals surface area contributed by atoms with E-state index in [1.807, 2.05) is 34.9 Å². The molecule has 0 unspecified atom stereocenters. The summed E-state index contributed by atoms with van der Waals surface area (Å²) < 4.78 is 1.86. The number of nitrogens with one attached hydrogen (secondary N) is 1. The minimum absolute atomic E-state index is 0.108. The van der Waals surface area contributed by atoms with Crippen LogP contribution in [0.25, 0.3) is 15.9 Å². The van der Waals surface area contributed by atoms with E-state index in [1.54, 1.807) is 11.3 Å². The van der Waals surface area contributed by atoms with Crippen LogP contribution in [0.2, 0.25) is 0 Å². The number of likely N-dealkylation sites (N-methyl/N-ethyl adjacent to an activating group) is 1. The number of thiophene rings is 1. The van der Waals surface area contributed by atoms with E-state index in [9.17, 15) is 4.79 Å². The number of hydrogen-bond donors (Lipinski definition) is 1. The van der Waals surface area contributed by atoms with Crippen LogP contribution in [-0.2, 0) is 12.8 Å². The zero-order valence-electron chi connectivity index (χ0n) is 16.4. The summed E-state index contributed by atoms with van der Waals surface area (Å²) in [5.74, 6) is 0.813. The number of fused-ring (bicyclic) bond motifs is 3. The highest BCUT2D eigenvalue weighted by Crippen LogP contribution is 2.34. The summed E-state index contributed by atoms with van der Waals surface area (Å²) >= 11 is 1.75. The van der Waals surface area contributed by atoms with Gasteiger partial charge < -0.3 is 9.80 Å². The van der Waals surface area contributed by atoms with Crippen LogP contribution in [-0.4, -0.2) is 42.8 Å². The molecule has 1 saturated heterocycles. The van der Waals surface area contributed by atoms with E-state index in [2.05, 4.69) is 11.9 Å². The third-order valence-electron chi connectivity index (χ3n) is 6.14. The van der Waals surface area contributed by atoms with Crippen molar-refractivity contribution < 1.29 is 4.90 Å². The van der Waals surface area contributed by atoms with Crippen LogP contribution in [0.15, 0.2) is 35.1 Å². The van der Waals surface area contributed by atoms with Gasteiger partial charge in [-0.3, -0.25) is 4.79 Å². The van der Waals surface area contributed by atoms with Crippen molar-refractivity contribution in [2.75, 3.05) is 38.1 Å². The summed E-state index contributed by atoms with van der Waals surface area (Å²) in [4.78, 5) is 25.0. The molecule has 5 rings (SSSR count). The number of nitrogens with zero attached hydrogens (tertiary/aromatic N) is 3. The molecule has 2 aliphatic rings. The predicted molar refractivity (Wildman–Crippen MR) is 115 cm³/mol. The number of aryl methyl sites for hydroxylation is 2. The second-order valence-electron chi connectivity index (χ2n) is 8.08. The minimum Gasteiger partial charge on any atom is -0.334 e. The molecule has 0 bridgehead atoms. The van der Waals surface area contributed by atoms with Crippen molar-refractivity contribution in [3.05, 3.63) is 51.1 Å². The lowest BCUT2D eigenvalue weighted by molar-refractivity contribution is -0.880. The number of quaternary nitrogens is 1. The molecule has 1 aliphatic carbocycles. The van der Waals surface area contributed by atoms with E-state index in [4.69, 9.17) is 4.98 Å². The highest BCUT2D eigenvalue weighted by atomic mass is 32.1. The monoisotopic (exact) mass is 395 g/mol. The largest absolute Gasteiger partial charge is 0.334 e. The Kier molecular flexibility index (Phi) is 4.69. The number of anilines is 1. The van der Waals surface area contributed by atoms with Gasteiger partial charge in [-0.25, -0.2) is 9.55 Å². The van der Waals surface area contributed by atoms with Crippen LogP contribution in [0.1, 0.15) is 29.7 Å². The molecule has 28 heavy (non-hydrogen) atoms. The van der Waals surface area contributed by atoms with Crippen molar-refractivity contribution in [3.8, 4) is 5.69 Å². The zero-order chi connectivity index (χ0) is 19.1. The molecule has 0 radical (unpaired) electrons. The van der Waals surface area contributed by atoms with Gasteiger partial charge in [-0.1, -0.05) is 24.6 Å². The average molecular weight is 396 g/mol. The molecular formula is C22H27N4OS+. The van der Waals surface area contributed by atoms with Gasteiger partial charge in [0.05, 0.1) is 44.3 Å². The van der Waals surface area contributed by atoms with E-state index >= 15 is 0 Å². The fourth-order valence-electron chi connectivity index (χ4n) is 4.48. The Morgan fingerprint density at radius 2 is 1.79 bits per heavy atom. The maximum absolute atomic E-state index is 13.8. The predicted octanol–water partition coefficient (Wildman–Crippen LogP) is 2.05. The van der Waals surface area contributed by atoms with Gasteiger partial charge >= 0.3 is 0 Å². The lowest BCUT2D eigenvalue weighted by atomic mass is 10.1. The van der Waals surface area contributed by atoms with Crippen LogP contribution >= 0.6 is 11.3 Å². The molecule has 0 spiro atoms. The molecular weight excluding hydrogens is 368 g/mol. The van der Waals surface area contributed by atoms with Crippen molar-refractivity contribution in [2.24, 2.45) is 0 Å². The minimum atomic E-state index is 0.108. The third kappa shape index (κ3) is 3.05. The summed E-state index contributed by atoms with van der Waals surface area (Å²) in [6.45, 7) is 4.01. The topological polar surface area (TPSA) is 42.6 Å². The maximum atomic E-state index is 13.8. The van der Waals surface area contributed by atoms with Crippen LogP contribution < -0.4 is 15.4 Å². The molecule has 0 saturated carbocycles. The van der Waals surface area contributed by atoms with Gasteiger partial charge in [-0.2, -0.15) is 0 Å². The SMILES string of the molecule is C[NH+]1CCN(c2nc3sc4c(c3c(=O)n2-c2ccccc2)CCCCC4)CC1. The van der Waals surface area contributed by atoms with Gasteiger partial charge in [0.15, 0.2) is 0 Å². The molecule has 3 heterocycles. The Morgan fingerprint density at radius 1 is 1.04 bits per heavy atom. The number of rotatable bonds is 2. The fourth-order valence-corrected chi connectivity index (χ4v) is 5.73. The van der Waals surface area contributed by atoms with Crippen molar-refractivity contribution >= 4 is 27.5 Å². The number of para-hydroxylation sites is 1. The first-order valence-electron chi connectivity index (χ1n) is 10.4. The molecule has 1 aromatic carbocycles. The van der Waals surface area contributed by atoms with Gasteiger partial charge in [0, 0.05) is 4.88 Å². The highest BCUT2D eigenvalue weighted by molar-refractivity contribution is 7.18. The summed E-state index contributed by atoms with van der Waals surface area (Å²) in [5, 5.41) is 0.870. The van der Waals surface area contributed by atoms with E-state index in [0.29, 0.717) is 0 Å². The standard InChI is InChI=1S/C22H26N4OS/c1-24-12-14-25(15-13-24)22-23-20-19(17-10-6-3-7-11-18(17)28-20)21(27)26(22)16-8-4-2-5-9-16/h2,4-5,8-9H,3,6-7,10-15H2,1H3/p+1. The number of piperazine rings is 1. The van der Waals surface area contributed by atoms with Crippen molar-refractivity contribution in [3.63, 3.8) is 0 Å².